The molecule has 4 atom stereocenters. The molecule has 1 N–H and O–H groups in total. The minimum absolute atomic E-state index is 0.113. The van der Waals surface area contributed by atoms with E-state index in [4.69, 9.17) is 9.72 Å². The van der Waals surface area contributed by atoms with E-state index in [9.17, 15) is 9.59 Å². The summed E-state index contributed by atoms with van der Waals surface area (Å²) < 4.78 is 7.07. The highest BCUT2D eigenvalue weighted by Crippen LogP contribution is 2.44. The lowest BCUT2D eigenvalue weighted by atomic mass is 9.89. The van der Waals surface area contributed by atoms with E-state index < -0.39 is 12.0 Å². The number of benzene rings is 2. The van der Waals surface area contributed by atoms with Gasteiger partial charge in [-0.3, -0.25) is 9.69 Å². The second-order valence-electron chi connectivity index (χ2n) is 11.6. The number of rotatable bonds is 6. The molecule has 6 rings (SSSR count). The molecule has 7 heteroatoms. The quantitative estimate of drug-likeness (QED) is 0.395. The van der Waals surface area contributed by atoms with Gasteiger partial charge >= 0.3 is 5.97 Å². The first-order valence-corrected chi connectivity index (χ1v) is 14.8. The van der Waals surface area contributed by atoms with E-state index in [2.05, 4.69) is 10.2 Å². The number of carbonyl (C=O) groups is 1. The van der Waals surface area contributed by atoms with Gasteiger partial charge in [0.2, 0.25) is 0 Å². The van der Waals surface area contributed by atoms with Crippen LogP contribution in [0.1, 0.15) is 88.3 Å². The number of anilines is 1. The predicted molar refractivity (Wildman–Crippen MR) is 154 cm³/mol. The summed E-state index contributed by atoms with van der Waals surface area (Å²) in [4.78, 5) is 34.5. The van der Waals surface area contributed by atoms with Crippen molar-refractivity contribution in [2.24, 2.45) is 0 Å². The summed E-state index contributed by atoms with van der Waals surface area (Å²) in [6, 6.07) is 18.3. The number of esters is 1. The molecule has 0 amide bonds. The van der Waals surface area contributed by atoms with Crippen molar-refractivity contribution in [1.29, 1.82) is 0 Å². The molecule has 3 heterocycles. The fourth-order valence-electron chi connectivity index (χ4n) is 7.51. The summed E-state index contributed by atoms with van der Waals surface area (Å²) in [5.74, 6) is -0.254. The van der Waals surface area contributed by atoms with Gasteiger partial charge in [0.05, 0.1) is 18.1 Å². The van der Waals surface area contributed by atoms with Crippen molar-refractivity contribution < 1.29 is 9.53 Å². The lowest BCUT2D eigenvalue weighted by molar-refractivity contribution is -0.141. The van der Waals surface area contributed by atoms with Crippen molar-refractivity contribution in [3.63, 3.8) is 0 Å². The second kappa shape index (κ2) is 11.5. The molecule has 2 bridgehead atoms. The zero-order valence-electron chi connectivity index (χ0n) is 22.9. The first-order valence-electron chi connectivity index (χ1n) is 14.8. The van der Waals surface area contributed by atoms with Crippen molar-refractivity contribution in [3.8, 4) is 0 Å². The van der Waals surface area contributed by atoms with Crippen LogP contribution in [0, 0.1) is 0 Å². The number of nitrogens with zero attached hydrogens (tertiary/aromatic N) is 3. The fourth-order valence-corrected chi connectivity index (χ4v) is 7.51. The molecule has 0 radical (unpaired) electrons. The van der Waals surface area contributed by atoms with E-state index in [0.29, 0.717) is 18.1 Å². The number of nitrogens with one attached hydrogen (secondary N) is 1. The molecule has 39 heavy (non-hydrogen) atoms. The maximum Gasteiger partial charge on any atom is 0.333 e. The Labute approximate surface area is 230 Å². The summed E-state index contributed by atoms with van der Waals surface area (Å²) in [6.45, 7) is 0. The molecule has 0 spiro atoms. The van der Waals surface area contributed by atoms with Crippen LogP contribution < -0.4 is 10.9 Å². The number of carbonyl (C=O) groups excluding carboxylic acids is 1. The SMILES string of the molecule is COC(=O)C(Nc1nc2ccccc2n(C2C[C@H]3CC[C@@H](C2)N3C2CCCCCCC2)c1=O)c1ccccc1. The molecule has 1 saturated carbocycles. The normalized spacial score (nSPS) is 25.1. The highest BCUT2D eigenvalue weighted by atomic mass is 16.5. The third-order valence-electron chi connectivity index (χ3n) is 9.27. The number of fused-ring (bicyclic) bond motifs is 3. The van der Waals surface area contributed by atoms with Gasteiger partial charge in [0, 0.05) is 24.2 Å². The highest BCUT2D eigenvalue weighted by molar-refractivity contribution is 5.82. The number of hydrogen-bond donors (Lipinski definition) is 1. The molecule has 1 aromatic heterocycles. The van der Waals surface area contributed by atoms with Crippen LogP contribution >= 0.6 is 0 Å². The number of para-hydroxylation sites is 2. The topological polar surface area (TPSA) is 76.5 Å². The maximum absolute atomic E-state index is 14.1. The van der Waals surface area contributed by atoms with E-state index in [1.165, 1.54) is 64.9 Å². The van der Waals surface area contributed by atoms with Crippen molar-refractivity contribution >= 4 is 22.8 Å². The lowest BCUT2D eigenvalue weighted by Gasteiger charge is -2.45. The zero-order chi connectivity index (χ0) is 26.8. The van der Waals surface area contributed by atoms with Crippen LogP contribution in [-0.2, 0) is 9.53 Å². The van der Waals surface area contributed by atoms with Crippen LogP contribution in [0.25, 0.3) is 11.0 Å². The smallest absolute Gasteiger partial charge is 0.333 e. The zero-order valence-corrected chi connectivity index (χ0v) is 22.9. The summed E-state index contributed by atoms with van der Waals surface area (Å²) in [5, 5.41) is 3.17. The van der Waals surface area contributed by atoms with Crippen molar-refractivity contribution in [2.45, 2.75) is 101 Å². The number of methoxy groups -OCH3 is 1. The molecule has 206 valence electrons. The number of aromatic nitrogens is 2. The largest absolute Gasteiger partial charge is 0.467 e. The molecule has 7 nitrogen and oxygen atoms in total. The van der Waals surface area contributed by atoms with Crippen LogP contribution in [-0.4, -0.2) is 45.7 Å². The Morgan fingerprint density at radius 3 is 2.18 bits per heavy atom. The van der Waals surface area contributed by atoms with E-state index in [1.54, 1.807) is 0 Å². The van der Waals surface area contributed by atoms with E-state index >= 15 is 0 Å². The molecular weight excluding hydrogens is 488 g/mol. The summed E-state index contributed by atoms with van der Waals surface area (Å²) in [6.07, 6.45) is 13.9. The Bertz CT molecular complexity index is 1330. The van der Waals surface area contributed by atoms with Gasteiger partial charge in [0.25, 0.3) is 5.56 Å². The first kappa shape index (κ1) is 26.1. The standard InChI is InChI=1S/C32H40N4O3/c1-39-32(38)29(22-12-6-5-7-13-22)34-30-31(37)36(28-17-11-10-16-27(28)33-30)26-20-24-18-19-25(21-26)35(24)23-14-8-3-2-4-9-15-23/h5-7,10-13,16-17,23-26,29H,2-4,8-9,14-15,18-21H2,1H3,(H,33,34)/t24-,25+,26?,29?. The molecule has 1 aliphatic carbocycles. The van der Waals surface area contributed by atoms with Crippen LogP contribution in [0.2, 0.25) is 0 Å². The summed E-state index contributed by atoms with van der Waals surface area (Å²) in [7, 11) is 1.37. The average Bonchev–Trinajstić information content (AvgIpc) is 3.20. The van der Waals surface area contributed by atoms with Crippen molar-refractivity contribution in [1.82, 2.24) is 14.5 Å². The van der Waals surface area contributed by atoms with E-state index in [-0.39, 0.29) is 17.4 Å². The van der Waals surface area contributed by atoms with Gasteiger partial charge in [0.15, 0.2) is 11.9 Å². The third-order valence-corrected chi connectivity index (χ3v) is 9.27. The van der Waals surface area contributed by atoms with Gasteiger partial charge in [0.1, 0.15) is 0 Å². The van der Waals surface area contributed by atoms with E-state index in [1.807, 2.05) is 59.2 Å². The Morgan fingerprint density at radius 2 is 1.49 bits per heavy atom. The van der Waals surface area contributed by atoms with Gasteiger partial charge in [-0.25, -0.2) is 9.78 Å². The van der Waals surface area contributed by atoms with Crippen LogP contribution in [0.3, 0.4) is 0 Å². The Kier molecular flexibility index (Phi) is 7.69. The van der Waals surface area contributed by atoms with Crippen LogP contribution in [0.4, 0.5) is 5.82 Å². The average molecular weight is 529 g/mol. The Morgan fingerprint density at radius 1 is 0.846 bits per heavy atom. The fraction of sp³-hybridized carbons (Fsp3) is 0.531. The third kappa shape index (κ3) is 5.21. The minimum atomic E-state index is -0.816. The molecule has 3 aromatic rings. The lowest BCUT2D eigenvalue weighted by Crippen LogP contribution is -2.50. The predicted octanol–water partition coefficient (Wildman–Crippen LogP) is 6.00. The van der Waals surface area contributed by atoms with E-state index in [0.717, 1.165) is 29.4 Å². The number of ether oxygens (including phenoxy) is 1. The molecule has 2 unspecified atom stereocenters. The van der Waals surface area contributed by atoms with Gasteiger partial charge in [-0.15, -0.1) is 0 Å². The molecular formula is C32H40N4O3. The van der Waals surface area contributed by atoms with Crippen molar-refractivity contribution in [3.05, 3.63) is 70.5 Å². The first-order chi connectivity index (χ1) is 19.1. The van der Waals surface area contributed by atoms with Crippen molar-refractivity contribution in [2.75, 3.05) is 12.4 Å². The number of hydrogen-bond acceptors (Lipinski definition) is 6. The number of piperidine rings is 1. The van der Waals surface area contributed by atoms with Gasteiger partial charge in [-0.2, -0.15) is 0 Å². The van der Waals surface area contributed by atoms with Crippen LogP contribution in [0.15, 0.2) is 59.4 Å². The minimum Gasteiger partial charge on any atom is -0.467 e. The summed E-state index contributed by atoms with van der Waals surface area (Å²) in [5.41, 5.74) is 2.19. The molecule has 2 aromatic carbocycles. The van der Waals surface area contributed by atoms with Gasteiger partial charge < -0.3 is 14.6 Å². The van der Waals surface area contributed by atoms with Crippen LogP contribution in [0.5, 0.6) is 0 Å². The second-order valence-corrected chi connectivity index (χ2v) is 11.6. The maximum atomic E-state index is 14.1. The highest BCUT2D eigenvalue weighted by Gasteiger charge is 2.44. The molecule has 3 fully saturated rings. The summed E-state index contributed by atoms with van der Waals surface area (Å²) >= 11 is 0. The Hall–Kier alpha value is -3.19. The van der Waals surface area contributed by atoms with Gasteiger partial charge in [-0.05, 0) is 56.2 Å². The molecule has 3 aliphatic rings. The monoisotopic (exact) mass is 528 g/mol. The Balaban J connectivity index is 1.33. The molecule has 2 saturated heterocycles. The molecule has 2 aliphatic heterocycles. The van der Waals surface area contributed by atoms with Gasteiger partial charge in [-0.1, -0.05) is 74.6 Å².